The van der Waals surface area contributed by atoms with Gasteiger partial charge < -0.3 is 4.74 Å². The minimum atomic E-state index is -0.548. The lowest BCUT2D eigenvalue weighted by Gasteiger charge is -2.10. The van der Waals surface area contributed by atoms with E-state index in [4.69, 9.17) is 4.74 Å². The number of aryl methyl sites for hydroxylation is 2. The Morgan fingerprint density at radius 2 is 1.95 bits per heavy atom. The van der Waals surface area contributed by atoms with E-state index in [1.54, 1.807) is 6.07 Å². The van der Waals surface area contributed by atoms with E-state index < -0.39 is 11.7 Å². The standard InChI is InChI=1S/C14H14BrFN4O2/c1-8-5-9(2)18-14(17-8)20-19-13(21)7-22-12-4-3-10(15)6-11(12)16/h3-6H,7H2,1-2H3,(H,19,21)(H,17,18,20). The summed E-state index contributed by atoms with van der Waals surface area (Å²) in [5, 5.41) is 0. The number of halogens is 2. The zero-order chi connectivity index (χ0) is 16.1. The molecular weight excluding hydrogens is 355 g/mol. The van der Waals surface area contributed by atoms with Crippen LogP contribution in [0.3, 0.4) is 0 Å². The van der Waals surface area contributed by atoms with Crippen LogP contribution < -0.4 is 15.6 Å². The lowest BCUT2D eigenvalue weighted by molar-refractivity contribution is -0.122. The van der Waals surface area contributed by atoms with E-state index in [9.17, 15) is 9.18 Å². The van der Waals surface area contributed by atoms with Gasteiger partial charge in [-0.2, -0.15) is 0 Å². The van der Waals surface area contributed by atoms with Gasteiger partial charge >= 0.3 is 0 Å². The van der Waals surface area contributed by atoms with Gasteiger partial charge in [-0.25, -0.2) is 14.4 Å². The predicted octanol–water partition coefficient (Wildman–Crippen LogP) is 2.52. The Morgan fingerprint density at radius 1 is 1.27 bits per heavy atom. The number of nitrogens with one attached hydrogen (secondary N) is 2. The van der Waals surface area contributed by atoms with Crippen molar-refractivity contribution in [2.45, 2.75) is 13.8 Å². The van der Waals surface area contributed by atoms with Gasteiger partial charge in [-0.05, 0) is 38.1 Å². The van der Waals surface area contributed by atoms with Crippen molar-refractivity contribution in [1.82, 2.24) is 15.4 Å². The molecule has 0 atom stereocenters. The molecule has 0 aliphatic heterocycles. The number of benzene rings is 1. The molecule has 0 saturated heterocycles. The molecule has 2 N–H and O–H groups in total. The molecule has 2 aromatic rings. The Bertz CT molecular complexity index is 676. The van der Waals surface area contributed by atoms with Crippen molar-refractivity contribution in [2.24, 2.45) is 0 Å². The molecule has 0 radical (unpaired) electrons. The van der Waals surface area contributed by atoms with Crippen molar-refractivity contribution in [3.63, 3.8) is 0 Å². The van der Waals surface area contributed by atoms with Crippen molar-refractivity contribution in [3.05, 3.63) is 45.9 Å². The average molecular weight is 369 g/mol. The van der Waals surface area contributed by atoms with E-state index in [1.807, 2.05) is 19.9 Å². The summed E-state index contributed by atoms with van der Waals surface area (Å²) in [6, 6.07) is 6.13. The quantitative estimate of drug-likeness (QED) is 0.793. The lowest BCUT2D eigenvalue weighted by atomic mass is 10.3. The summed E-state index contributed by atoms with van der Waals surface area (Å²) in [7, 11) is 0. The maximum atomic E-state index is 13.5. The molecule has 1 amide bonds. The van der Waals surface area contributed by atoms with Gasteiger partial charge in [0.25, 0.3) is 5.91 Å². The summed E-state index contributed by atoms with van der Waals surface area (Å²) in [6.45, 7) is 3.30. The monoisotopic (exact) mass is 368 g/mol. The van der Waals surface area contributed by atoms with E-state index in [-0.39, 0.29) is 18.3 Å². The highest BCUT2D eigenvalue weighted by molar-refractivity contribution is 9.10. The molecule has 0 fully saturated rings. The van der Waals surface area contributed by atoms with E-state index >= 15 is 0 Å². The molecular formula is C14H14BrFN4O2. The van der Waals surface area contributed by atoms with Gasteiger partial charge in [0.1, 0.15) is 0 Å². The maximum absolute atomic E-state index is 13.5. The molecule has 1 aromatic carbocycles. The highest BCUT2D eigenvalue weighted by Gasteiger charge is 2.08. The third-order valence-electron chi connectivity index (χ3n) is 2.55. The van der Waals surface area contributed by atoms with Crippen molar-refractivity contribution >= 4 is 27.8 Å². The number of aromatic nitrogens is 2. The molecule has 8 heteroatoms. The third kappa shape index (κ3) is 4.66. The van der Waals surface area contributed by atoms with Crippen LogP contribution in [0.25, 0.3) is 0 Å². The topological polar surface area (TPSA) is 76.1 Å². The highest BCUT2D eigenvalue weighted by atomic mass is 79.9. The van der Waals surface area contributed by atoms with E-state index in [0.717, 1.165) is 11.4 Å². The van der Waals surface area contributed by atoms with Crippen LogP contribution in [-0.4, -0.2) is 22.5 Å². The molecule has 0 aliphatic carbocycles. The zero-order valence-electron chi connectivity index (χ0n) is 12.0. The molecule has 2 rings (SSSR count). The van der Waals surface area contributed by atoms with Crippen LogP contribution in [0.4, 0.5) is 10.3 Å². The average Bonchev–Trinajstić information content (AvgIpc) is 2.43. The molecule has 0 bridgehead atoms. The van der Waals surface area contributed by atoms with Crippen LogP contribution in [0.2, 0.25) is 0 Å². The Balaban J connectivity index is 1.85. The Labute approximate surface area is 135 Å². The summed E-state index contributed by atoms with van der Waals surface area (Å²) in [4.78, 5) is 19.9. The largest absolute Gasteiger partial charge is 0.481 e. The van der Waals surface area contributed by atoms with Crippen LogP contribution in [0.5, 0.6) is 5.75 Å². The first-order chi connectivity index (χ1) is 10.4. The number of anilines is 1. The van der Waals surface area contributed by atoms with Gasteiger partial charge in [-0.15, -0.1) is 0 Å². The van der Waals surface area contributed by atoms with Gasteiger partial charge in [0.05, 0.1) is 0 Å². The van der Waals surface area contributed by atoms with Crippen molar-refractivity contribution in [2.75, 3.05) is 12.0 Å². The lowest BCUT2D eigenvalue weighted by Crippen LogP contribution is -2.34. The van der Waals surface area contributed by atoms with Crippen molar-refractivity contribution < 1.29 is 13.9 Å². The molecule has 116 valence electrons. The number of hydrogen-bond donors (Lipinski definition) is 2. The number of carbonyl (C=O) groups excluding carboxylic acids is 1. The maximum Gasteiger partial charge on any atom is 0.276 e. The Morgan fingerprint density at radius 3 is 2.59 bits per heavy atom. The number of amides is 1. The molecule has 0 unspecified atom stereocenters. The fraction of sp³-hybridized carbons (Fsp3) is 0.214. The first kappa shape index (κ1) is 16.2. The molecule has 22 heavy (non-hydrogen) atoms. The fourth-order valence-electron chi connectivity index (χ4n) is 1.68. The number of rotatable bonds is 5. The second kappa shape index (κ2) is 7.17. The smallest absolute Gasteiger partial charge is 0.276 e. The fourth-order valence-corrected chi connectivity index (χ4v) is 2.01. The summed E-state index contributed by atoms with van der Waals surface area (Å²) >= 11 is 3.14. The molecule has 0 aliphatic rings. The van der Waals surface area contributed by atoms with Gasteiger partial charge in [-0.3, -0.25) is 15.6 Å². The number of carbonyl (C=O) groups is 1. The van der Waals surface area contributed by atoms with E-state index in [2.05, 4.69) is 36.7 Å². The summed E-state index contributed by atoms with van der Waals surface area (Å²) in [5.74, 6) is -0.750. The highest BCUT2D eigenvalue weighted by Crippen LogP contribution is 2.21. The number of ether oxygens (including phenoxy) is 1. The molecule has 0 spiro atoms. The van der Waals surface area contributed by atoms with Crippen molar-refractivity contribution in [3.8, 4) is 5.75 Å². The number of hydrazine groups is 1. The predicted molar refractivity (Wildman–Crippen MR) is 82.9 cm³/mol. The van der Waals surface area contributed by atoms with Gasteiger partial charge in [0.15, 0.2) is 18.2 Å². The third-order valence-corrected chi connectivity index (χ3v) is 3.04. The molecule has 1 aromatic heterocycles. The molecule has 6 nitrogen and oxygen atoms in total. The SMILES string of the molecule is Cc1cc(C)nc(NNC(=O)COc2ccc(Br)cc2F)n1. The van der Waals surface area contributed by atoms with Crippen LogP contribution >= 0.6 is 15.9 Å². The zero-order valence-corrected chi connectivity index (χ0v) is 13.6. The summed E-state index contributed by atoms with van der Waals surface area (Å²) < 4.78 is 19.2. The van der Waals surface area contributed by atoms with Crippen LogP contribution in [0.1, 0.15) is 11.4 Å². The first-order valence-electron chi connectivity index (χ1n) is 6.39. The van der Waals surface area contributed by atoms with Crippen LogP contribution in [0, 0.1) is 19.7 Å². The van der Waals surface area contributed by atoms with E-state index in [0.29, 0.717) is 4.47 Å². The Hall–Kier alpha value is -2.22. The van der Waals surface area contributed by atoms with Gasteiger partial charge in [0.2, 0.25) is 5.95 Å². The van der Waals surface area contributed by atoms with Crippen LogP contribution in [0.15, 0.2) is 28.7 Å². The van der Waals surface area contributed by atoms with Gasteiger partial charge in [0, 0.05) is 15.9 Å². The molecule has 0 saturated carbocycles. The molecule has 1 heterocycles. The summed E-state index contributed by atoms with van der Waals surface area (Å²) in [6.07, 6.45) is 0. The minimum absolute atomic E-state index is 0.000926. The minimum Gasteiger partial charge on any atom is -0.481 e. The van der Waals surface area contributed by atoms with E-state index in [1.165, 1.54) is 12.1 Å². The Kier molecular flexibility index (Phi) is 5.26. The first-order valence-corrected chi connectivity index (χ1v) is 7.18. The number of nitrogens with zero attached hydrogens (tertiary/aromatic N) is 2. The summed E-state index contributed by atoms with van der Waals surface area (Å²) in [5.41, 5.74) is 6.52. The normalized spacial score (nSPS) is 10.2. The number of hydrogen-bond acceptors (Lipinski definition) is 5. The second-order valence-corrected chi connectivity index (χ2v) is 5.43. The van der Waals surface area contributed by atoms with Crippen molar-refractivity contribution in [1.29, 1.82) is 0 Å². The van der Waals surface area contributed by atoms with Gasteiger partial charge in [-0.1, -0.05) is 15.9 Å². The van der Waals surface area contributed by atoms with Crippen LogP contribution in [-0.2, 0) is 4.79 Å². The second-order valence-electron chi connectivity index (χ2n) is 4.51.